The Morgan fingerprint density at radius 2 is 1.57 bits per heavy atom. The lowest BCUT2D eigenvalue weighted by atomic mass is 9.54. The Balaban J connectivity index is 1.44. The molecule has 0 atom stereocenters. The molecule has 4 saturated carbocycles. The van der Waals surface area contributed by atoms with Crippen molar-refractivity contribution < 1.29 is 9.53 Å². The molecule has 0 unspecified atom stereocenters. The van der Waals surface area contributed by atoms with Gasteiger partial charge in [0.05, 0.1) is 0 Å². The van der Waals surface area contributed by atoms with Crippen LogP contribution in [-0.4, -0.2) is 11.6 Å². The molecule has 21 heavy (non-hydrogen) atoms. The standard InChI is InChI=1S/C19H22O2/c20-18(7-6-14-4-2-1-3-5-14)21-19-11-15-8-16(12-19)10-17(9-15)13-19/h1-7,15-17H,8-13H2/b7-6+. The van der Waals surface area contributed by atoms with Crippen molar-refractivity contribution in [3.8, 4) is 0 Å². The average Bonchev–Trinajstić information content (AvgIpc) is 2.44. The number of carbonyl (C=O) groups excluding carboxylic acids is 1. The van der Waals surface area contributed by atoms with Gasteiger partial charge in [-0.25, -0.2) is 4.79 Å². The molecular formula is C19H22O2. The fourth-order valence-electron chi connectivity index (χ4n) is 5.13. The SMILES string of the molecule is O=C(/C=C/c1ccccc1)OC12CC3CC(CC(C3)C1)C2. The van der Waals surface area contributed by atoms with Crippen molar-refractivity contribution in [2.45, 2.75) is 44.1 Å². The number of esters is 1. The summed E-state index contributed by atoms with van der Waals surface area (Å²) in [5.74, 6) is 2.26. The van der Waals surface area contributed by atoms with E-state index in [1.54, 1.807) is 6.08 Å². The summed E-state index contributed by atoms with van der Waals surface area (Å²) in [7, 11) is 0. The minimum Gasteiger partial charge on any atom is -0.456 e. The van der Waals surface area contributed by atoms with E-state index in [1.807, 2.05) is 36.4 Å². The van der Waals surface area contributed by atoms with E-state index in [4.69, 9.17) is 4.74 Å². The van der Waals surface area contributed by atoms with Crippen LogP contribution in [0.2, 0.25) is 0 Å². The molecular weight excluding hydrogens is 260 g/mol. The third kappa shape index (κ3) is 2.64. The molecule has 4 fully saturated rings. The van der Waals surface area contributed by atoms with E-state index in [0.29, 0.717) is 0 Å². The summed E-state index contributed by atoms with van der Waals surface area (Å²) in [6.07, 6.45) is 10.9. The number of carbonyl (C=O) groups is 1. The molecule has 0 radical (unpaired) electrons. The Bertz CT molecular complexity index is 523. The second-order valence-electron chi connectivity index (χ2n) is 7.27. The van der Waals surface area contributed by atoms with Crippen molar-refractivity contribution >= 4 is 12.0 Å². The summed E-state index contributed by atoms with van der Waals surface area (Å²) < 4.78 is 5.95. The van der Waals surface area contributed by atoms with Gasteiger partial charge in [0, 0.05) is 6.08 Å². The first kappa shape index (κ1) is 13.1. The maximum Gasteiger partial charge on any atom is 0.331 e. The van der Waals surface area contributed by atoms with E-state index in [-0.39, 0.29) is 11.6 Å². The van der Waals surface area contributed by atoms with Gasteiger partial charge in [0.25, 0.3) is 0 Å². The monoisotopic (exact) mass is 282 g/mol. The molecule has 0 amide bonds. The maximum absolute atomic E-state index is 12.2. The zero-order chi connectivity index (χ0) is 14.3. The molecule has 1 aromatic carbocycles. The van der Waals surface area contributed by atoms with Crippen LogP contribution < -0.4 is 0 Å². The molecule has 5 rings (SSSR count). The van der Waals surface area contributed by atoms with Gasteiger partial charge >= 0.3 is 5.97 Å². The highest BCUT2D eigenvalue weighted by Crippen LogP contribution is 2.57. The van der Waals surface area contributed by atoms with Crippen LogP contribution in [0, 0.1) is 17.8 Å². The van der Waals surface area contributed by atoms with Crippen LogP contribution in [0.25, 0.3) is 6.08 Å². The lowest BCUT2D eigenvalue weighted by molar-refractivity contribution is -0.181. The number of hydrogen-bond donors (Lipinski definition) is 0. The minimum atomic E-state index is -0.166. The highest BCUT2D eigenvalue weighted by molar-refractivity contribution is 5.87. The van der Waals surface area contributed by atoms with Crippen molar-refractivity contribution in [1.29, 1.82) is 0 Å². The predicted molar refractivity (Wildman–Crippen MR) is 82.5 cm³/mol. The topological polar surface area (TPSA) is 26.3 Å². The summed E-state index contributed by atoms with van der Waals surface area (Å²) in [6.45, 7) is 0. The third-order valence-electron chi connectivity index (χ3n) is 5.51. The normalized spacial score (nSPS) is 37.0. The summed E-state index contributed by atoms with van der Waals surface area (Å²) in [5, 5.41) is 0. The first-order valence-electron chi connectivity index (χ1n) is 8.17. The molecule has 0 aliphatic heterocycles. The van der Waals surface area contributed by atoms with Gasteiger partial charge in [-0.05, 0) is 67.9 Å². The van der Waals surface area contributed by atoms with E-state index in [9.17, 15) is 4.79 Å². The fraction of sp³-hybridized carbons (Fsp3) is 0.526. The Labute approximate surface area is 126 Å². The summed E-state index contributed by atoms with van der Waals surface area (Å²) in [5.41, 5.74) is 0.910. The zero-order valence-corrected chi connectivity index (χ0v) is 12.3. The first-order chi connectivity index (χ1) is 10.2. The van der Waals surface area contributed by atoms with Crippen LogP contribution in [0.4, 0.5) is 0 Å². The lowest BCUT2D eigenvalue weighted by Gasteiger charge is -2.55. The molecule has 4 aliphatic rings. The quantitative estimate of drug-likeness (QED) is 0.613. The van der Waals surface area contributed by atoms with Gasteiger partial charge in [-0.3, -0.25) is 0 Å². The largest absolute Gasteiger partial charge is 0.456 e. The van der Waals surface area contributed by atoms with Crippen molar-refractivity contribution in [3.05, 3.63) is 42.0 Å². The molecule has 110 valence electrons. The van der Waals surface area contributed by atoms with Gasteiger partial charge in [-0.15, -0.1) is 0 Å². The summed E-state index contributed by atoms with van der Waals surface area (Å²) in [6, 6.07) is 9.92. The molecule has 0 heterocycles. The minimum absolute atomic E-state index is 0.132. The Morgan fingerprint density at radius 3 is 2.14 bits per heavy atom. The van der Waals surface area contributed by atoms with Crippen molar-refractivity contribution in [1.82, 2.24) is 0 Å². The maximum atomic E-state index is 12.2. The molecule has 0 N–H and O–H groups in total. The van der Waals surface area contributed by atoms with Gasteiger partial charge in [0.2, 0.25) is 0 Å². The zero-order valence-electron chi connectivity index (χ0n) is 12.3. The van der Waals surface area contributed by atoms with Crippen LogP contribution in [0.3, 0.4) is 0 Å². The Kier molecular flexibility index (Phi) is 3.13. The molecule has 2 nitrogen and oxygen atoms in total. The van der Waals surface area contributed by atoms with Crippen LogP contribution in [0.1, 0.15) is 44.1 Å². The number of hydrogen-bond acceptors (Lipinski definition) is 2. The predicted octanol–water partition coefficient (Wildman–Crippen LogP) is 4.21. The van der Waals surface area contributed by atoms with E-state index in [0.717, 1.165) is 42.6 Å². The molecule has 2 heteroatoms. The molecule has 0 aromatic heterocycles. The van der Waals surface area contributed by atoms with Crippen LogP contribution in [0.5, 0.6) is 0 Å². The lowest BCUT2D eigenvalue weighted by Crippen LogP contribution is -2.52. The number of rotatable bonds is 3. The summed E-state index contributed by atoms with van der Waals surface area (Å²) in [4.78, 5) is 12.2. The molecule has 4 aliphatic carbocycles. The molecule has 0 saturated heterocycles. The van der Waals surface area contributed by atoms with E-state index in [2.05, 4.69) is 0 Å². The van der Waals surface area contributed by atoms with Gasteiger partial charge in [0.1, 0.15) is 5.60 Å². The second kappa shape index (κ2) is 5.01. The van der Waals surface area contributed by atoms with Crippen LogP contribution in [0.15, 0.2) is 36.4 Å². The molecule has 1 aromatic rings. The van der Waals surface area contributed by atoms with Crippen molar-refractivity contribution in [3.63, 3.8) is 0 Å². The van der Waals surface area contributed by atoms with E-state index in [1.165, 1.54) is 19.3 Å². The number of ether oxygens (including phenoxy) is 1. The Hall–Kier alpha value is -1.57. The molecule has 4 bridgehead atoms. The van der Waals surface area contributed by atoms with Gasteiger partial charge in [0.15, 0.2) is 0 Å². The number of benzene rings is 1. The van der Waals surface area contributed by atoms with Crippen LogP contribution in [-0.2, 0) is 9.53 Å². The van der Waals surface area contributed by atoms with Crippen molar-refractivity contribution in [2.24, 2.45) is 17.8 Å². The van der Waals surface area contributed by atoms with Gasteiger partial charge < -0.3 is 4.74 Å². The highest BCUT2D eigenvalue weighted by atomic mass is 16.6. The van der Waals surface area contributed by atoms with Crippen molar-refractivity contribution in [2.75, 3.05) is 0 Å². The van der Waals surface area contributed by atoms with E-state index >= 15 is 0 Å². The fourth-order valence-corrected chi connectivity index (χ4v) is 5.13. The first-order valence-corrected chi connectivity index (χ1v) is 8.17. The Morgan fingerprint density at radius 1 is 1.00 bits per heavy atom. The third-order valence-corrected chi connectivity index (χ3v) is 5.51. The second-order valence-corrected chi connectivity index (χ2v) is 7.27. The van der Waals surface area contributed by atoms with Gasteiger partial charge in [-0.1, -0.05) is 30.3 Å². The highest BCUT2D eigenvalue weighted by Gasteiger charge is 2.52. The average molecular weight is 282 g/mol. The van der Waals surface area contributed by atoms with Gasteiger partial charge in [-0.2, -0.15) is 0 Å². The van der Waals surface area contributed by atoms with Crippen LogP contribution >= 0.6 is 0 Å². The smallest absolute Gasteiger partial charge is 0.331 e. The summed E-state index contributed by atoms with van der Waals surface area (Å²) >= 11 is 0. The molecule has 0 spiro atoms. The van der Waals surface area contributed by atoms with E-state index < -0.39 is 0 Å².